The molecule has 1 aliphatic heterocycles. The molecule has 0 bridgehead atoms. The van der Waals surface area contributed by atoms with Gasteiger partial charge in [-0.25, -0.2) is 18.0 Å². The van der Waals surface area contributed by atoms with Crippen LogP contribution in [0.3, 0.4) is 0 Å². The fourth-order valence-corrected chi connectivity index (χ4v) is 4.30. The van der Waals surface area contributed by atoms with Crippen molar-refractivity contribution in [1.29, 1.82) is 0 Å². The molecule has 0 unspecified atom stereocenters. The Morgan fingerprint density at radius 3 is 2.62 bits per heavy atom. The molecule has 0 spiro atoms. The largest absolute Gasteiger partial charge is 0.489 e. The van der Waals surface area contributed by atoms with Crippen molar-refractivity contribution >= 4 is 22.6 Å². The fraction of sp³-hybridized carbons (Fsp3) is 0.391. The van der Waals surface area contributed by atoms with Gasteiger partial charge in [-0.3, -0.25) is 9.36 Å². The Bertz CT molecular complexity index is 1250. The van der Waals surface area contributed by atoms with Crippen LogP contribution in [0.25, 0.3) is 11.0 Å². The van der Waals surface area contributed by atoms with E-state index in [1.165, 1.54) is 19.1 Å². The zero-order valence-electron chi connectivity index (χ0n) is 18.5. The molecule has 1 aromatic heterocycles. The lowest BCUT2D eigenvalue weighted by Gasteiger charge is -2.33. The van der Waals surface area contributed by atoms with Crippen LogP contribution in [0, 0.1) is 17.5 Å². The highest BCUT2D eigenvalue weighted by molar-refractivity contribution is 5.90. The highest BCUT2D eigenvalue weighted by Gasteiger charge is 2.25. The molecule has 0 aliphatic carbocycles. The highest BCUT2D eigenvalue weighted by atomic mass is 19.2. The van der Waals surface area contributed by atoms with E-state index in [1.54, 1.807) is 10.6 Å². The van der Waals surface area contributed by atoms with Gasteiger partial charge in [-0.1, -0.05) is 0 Å². The third-order valence-electron chi connectivity index (χ3n) is 5.83. The first kappa shape index (κ1) is 23.8. The number of rotatable bonds is 7. The summed E-state index contributed by atoms with van der Waals surface area (Å²) in [5.41, 5.74) is 0.799. The molecule has 1 saturated heterocycles. The Hall–Kier alpha value is -3.31. The van der Waals surface area contributed by atoms with Gasteiger partial charge in [0.1, 0.15) is 24.3 Å². The van der Waals surface area contributed by atoms with Crippen LogP contribution in [-0.2, 0) is 4.79 Å². The quantitative estimate of drug-likeness (QED) is 0.485. The fourth-order valence-electron chi connectivity index (χ4n) is 4.30. The number of amides is 1. The number of aromatic nitrogens is 2. The third kappa shape index (κ3) is 5.26. The van der Waals surface area contributed by atoms with Crippen LogP contribution in [0.4, 0.5) is 18.9 Å². The number of imidazole rings is 1. The SMILES string of the molecule is CC(=O)Nc1cc(F)c(F)cc1OC[C@@H](O)CN1CCC(n2c(=O)[nH]c3cc(F)ccc32)CC1. The first-order valence-corrected chi connectivity index (χ1v) is 10.9. The minimum Gasteiger partial charge on any atom is -0.489 e. The van der Waals surface area contributed by atoms with Crippen LogP contribution < -0.4 is 15.7 Å². The van der Waals surface area contributed by atoms with E-state index in [9.17, 15) is 27.9 Å². The van der Waals surface area contributed by atoms with E-state index in [0.717, 1.165) is 12.1 Å². The molecule has 1 aliphatic rings. The van der Waals surface area contributed by atoms with Gasteiger partial charge < -0.3 is 25.0 Å². The molecule has 3 aromatic rings. The molecule has 182 valence electrons. The molecule has 0 saturated carbocycles. The van der Waals surface area contributed by atoms with Crippen molar-refractivity contribution in [3.63, 3.8) is 0 Å². The van der Waals surface area contributed by atoms with Crippen LogP contribution in [0.1, 0.15) is 25.8 Å². The summed E-state index contributed by atoms with van der Waals surface area (Å²) in [6.07, 6.45) is 0.398. The molecule has 11 heteroatoms. The number of aliphatic hydroxyl groups excluding tert-OH is 1. The number of piperidine rings is 1. The normalized spacial score (nSPS) is 16.0. The summed E-state index contributed by atoms with van der Waals surface area (Å²) in [5, 5.41) is 12.8. The monoisotopic (exact) mass is 478 g/mol. The molecule has 8 nitrogen and oxygen atoms in total. The summed E-state index contributed by atoms with van der Waals surface area (Å²) in [4.78, 5) is 28.4. The minimum atomic E-state index is -1.13. The Morgan fingerprint density at radius 2 is 1.91 bits per heavy atom. The summed E-state index contributed by atoms with van der Waals surface area (Å²) in [6.45, 7) is 2.55. The van der Waals surface area contributed by atoms with E-state index in [-0.39, 0.29) is 36.3 Å². The Labute approximate surface area is 192 Å². The van der Waals surface area contributed by atoms with Crippen molar-refractivity contribution in [3.8, 4) is 5.75 Å². The summed E-state index contributed by atoms with van der Waals surface area (Å²) in [5.74, 6) is -3.23. The number of benzene rings is 2. The number of carbonyl (C=O) groups excluding carboxylic acids is 1. The van der Waals surface area contributed by atoms with Gasteiger partial charge >= 0.3 is 5.69 Å². The van der Waals surface area contributed by atoms with Gasteiger partial charge in [-0.2, -0.15) is 0 Å². The molecule has 1 amide bonds. The number of halogens is 3. The van der Waals surface area contributed by atoms with Crippen LogP contribution in [0.5, 0.6) is 5.75 Å². The number of nitrogens with zero attached hydrogens (tertiary/aromatic N) is 2. The average molecular weight is 478 g/mol. The second-order valence-electron chi connectivity index (χ2n) is 8.40. The Kier molecular flexibility index (Phi) is 6.94. The predicted octanol–water partition coefficient (Wildman–Crippen LogP) is 2.78. The van der Waals surface area contributed by atoms with Gasteiger partial charge in [0.05, 0.1) is 16.7 Å². The van der Waals surface area contributed by atoms with Crippen molar-refractivity contribution in [2.75, 3.05) is 31.6 Å². The molecule has 1 atom stereocenters. The van der Waals surface area contributed by atoms with Gasteiger partial charge in [0, 0.05) is 44.7 Å². The number of carbonyl (C=O) groups is 1. The second kappa shape index (κ2) is 9.90. The lowest BCUT2D eigenvalue weighted by atomic mass is 10.0. The third-order valence-corrected chi connectivity index (χ3v) is 5.83. The van der Waals surface area contributed by atoms with Crippen LogP contribution in [0.15, 0.2) is 35.1 Å². The number of H-pyrrole nitrogens is 1. The first-order chi connectivity index (χ1) is 16.2. The summed E-state index contributed by atoms with van der Waals surface area (Å²) >= 11 is 0. The highest BCUT2D eigenvalue weighted by Crippen LogP contribution is 2.28. The van der Waals surface area contributed by atoms with E-state index in [0.29, 0.717) is 37.0 Å². The number of fused-ring (bicyclic) bond motifs is 1. The van der Waals surface area contributed by atoms with Crippen molar-refractivity contribution in [2.24, 2.45) is 0 Å². The number of aliphatic hydroxyl groups is 1. The Balaban J connectivity index is 1.33. The first-order valence-electron chi connectivity index (χ1n) is 10.9. The number of ether oxygens (including phenoxy) is 1. The van der Waals surface area contributed by atoms with E-state index in [1.807, 2.05) is 4.90 Å². The molecule has 2 aromatic carbocycles. The van der Waals surface area contributed by atoms with Crippen molar-refractivity contribution in [3.05, 3.63) is 58.3 Å². The van der Waals surface area contributed by atoms with Gasteiger partial charge in [-0.15, -0.1) is 0 Å². The van der Waals surface area contributed by atoms with Gasteiger partial charge in [0.25, 0.3) is 0 Å². The summed E-state index contributed by atoms with van der Waals surface area (Å²) in [7, 11) is 0. The smallest absolute Gasteiger partial charge is 0.326 e. The van der Waals surface area contributed by atoms with Gasteiger partial charge in [0.15, 0.2) is 11.6 Å². The number of hydrogen-bond acceptors (Lipinski definition) is 5. The van der Waals surface area contributed by atoms with Crippen molar-refractivity contribution in [1.82, 2.24) is 14.5 Å². The Morgan fingerprint density at radius 1 is 1.21 bits per heavy atom. The number of nitrogens with one attached hydrogen (secondary N) is 2. The van der Waals surface area contributed by atoms with E-state index in [4.69, 9.17) is 4.74 Å². The lowest BCUT2D eigenvalue weighted by molar-refractivity contribution is -0.114. The number of β-amino-alcohol motifs (C(OH)–C–C–N with tert-alkyl or cyclic N) is 1. The molecular weight excluding hydrogens is 453 g/mol. The molecule has 34 heavy (non-hydrogen) atoms. The van der Waals surface area contributed by atoms with E-state index >= 15 is 0 Å². The van der Waals surface area contributed by atoms with Gasteiger partial charge in [-0.05, 0) is 31.0 Å². The molecule has 4 rings (SSSR count). The summed E-state index contributed by atoms with van der Waals surface area (Å²) < 4.78 is 47.7. The second-order valence-corrected chi connectivity index (χ2v) is 8.40. The molecule has 1 fully saturated rings. The van der Waals surface area contributed by atoms with Crippen LogP contribution in [-0.4, -0.2) is 57.8 Å². The zero-order chi connectivity index (χ0) is 24.4. The number of hydrogen-bond donors (Lipinski definition) is 3. The zero-order valence-corrected chi connectivity index (χ0v) is 18.5. The van der Waals surface area contributed by atoms with E-state index in [2.05, 4.69) is 10.3 Å². The molecule has 2 heterocycles. The van der Waals surface area contributed by atoms with Crippen molar-refractivity contribution < 1.29 is 27.8 Å². The van der Waals surface area contributed by atoms with E-state index < -0.39 is 29.5 Å². The lowest BCUT2D eigenvalue weighted by Crippen LogP contribution is -2.42. The predicted molar refractivity (Wildman–Crippen MR) is 119 cm³/mol. The van der Waals surface area contributed by atoms with Gasteiger partial charge in [0.2, 0.25) is 5.91 Å². The maximum atomic E-state index is 13.6. The number of likely N-dealkylation sites (tertiary alicyclic amines) is 1. The number of anilines is 1. The summed E-state index contributed by atoms with van der Waals surface area (Å²) in [6, 6.07) is 5.79. The minimum absolute atomic E-state index is 0.0246. The maximum absolute atomic E-state index is 13.6. The standard InChI is InChI=1S/C23H25F3N4O4/c1-13(31)27-20-9-17(25)18(26)10-22(20)34-12-16(32)11-29-6-4-15(5-7-29)30-21-3-2-14(24)8-19(21)28-23(30)33/h2-3,8-10,15-16,32H,4-7,11-12H2,1H3,(H,27,31)(H,28,33)/t16-/m0/s1. The van der Waals surface area contributed by atoms with Crippen LogP contribution in [0.2, 0.25) is 0 Å². The van der Waals surface area contributed by atoms with Crippen molar-refractivity contribution in [2.45, 2.75) is 31.9 Å². The topological polar surface area (TPSA) is 99.6 Å². The maximum Gasteiger partial charge on any atom is 0.326 e. The molecule has 3 N–H and O–H groups in total. The molecule has 0 radical (unpaired) electrons. The number of aromatic amines is 1. The average Bonchev–Trinajstić information content (AvgIpc) is 3.10. The van der Waals surface area contributed by atoms with Crippen LogP contribution >= 0.6 is 0 Å². The molecular formula is C23H25F3N4O4.